The number of rotatable bonds is 6. The smallest absolute Gasteiger partial charge is 0.266 e. The summed E-state index contributed by atoms with van der Waals surface area (Å²) in [6.07, 6.45) is 2.35. The van der Waals surface area contributed by atoms with Crippen molar-refractivity contribution in [1.29, 1.82) is 5.26 Å². The van der Waals surface area contributed by atoms with E-state index in [0.717, 1.165) is 12.0 Å². The van der Waals surface area contributed by atoms with Crippen LogP contribution in [-0.2, 0) is 11.2 Å². The minimum Gasteiger partial charge on any atom is -0.491 e. The van der Waals surface area contributed by atoms with Crippen molar-refractivity contribution in [1.82, 2.24) is 0 Å². The number of carbonyl (C=O) groups excluding carboxylic acids is 1. The molecule has 0 unspecified atom stereocenters. The molecule has 26 heavy (non-hydrogen) atoms. The number of nitriles is 1. The Morgan fingerprint density at radius 1 is 1.19 bits per heavy atom. The van der Waals surface area contributed by atoms with Gasteiger partial charge in [0.15, 0.2) is 5.75 Å². The highest BCUT2D eigenvalue weighted by Gasteiger charge is 2.12. The lowest BCUT2D eigenvalue weighted by Gasteiger charge is -2.09. The number of hydrogen-bond acceptors (Lipinski definition) is 3. The Labute approximate surface area is 163 Å². The van der Waals surface area contributed by atoms with Crippen LogP contribution in [-0.4, -0.2) is 12.5 Å². The van der Waals surface area contributed by atoms with Crippen molar-refractivity contribution in [2.45, 2.75) is 20.3 Å². The Morgan fingerprint density at radius 3 is 2.31 bits per heavy atom. The first-order valence-corrected chi connectivity index (χ1v) is 8.88. The molecule has 0 saturated carbocycles. The van der Waals surface area contributed by atoms with Gasteiger partial charge < -0.3 is 10.1 Å². The van der Waals surface area contributed by atoms with Crippen molar-refractivity contribution in [3.05, 3.63) is 63.1 Å². The number of anilines is 1. The lowest BCUT2D eigenvalue weighted by molar-refractivity contribution is -0.112. The molecule has 1 N–H and O–H groups in total. The normalized spacial score (nSPS) is 11.0. The maximum absolute atomic E-state index is 12.3. The molecule has 6 heteroatoms. The predicted octanol–water partition coefficient (Wildman–Crippen LogP) is 5.50. The van der Waals surface area contributed by atoms with E-state index < -0.39 is 5.91 Å². The summed E-state index contributed by atoms with van der Waals surface area (Å²) in [6.45, 7) is 4.31. The van der Waals surface area contributed by atoms with Crippen LogP contribution in [0.5, 0.6) is 5.75 Å². The predicted molar refractivity (Wildman–Crippen MR) is 106 cm³/mol. The molecule has 4 nitrogen and oxygen atoms in total. The molecule has 1 amide bonds. The number of nitrogens with one attached hydrogen (secondary N) is 1. The van der Waals surface area contributed by atoms with Crippen molar-refractivity contribution in [2.75, 3.05) is 11.9 Å². The number of ether oxygens (including phenoxy) is 1. The topological polar surface area (TPSA) is 62.1 Å². The summed E-state index contributed by atoms with van der Waals surface area (Å²) in [7, 11) is 0. The summed E-state index contributed by atoms with van der Waals surface area (Å²) in [5.74, 6) is -0.121. The fourth-order valence-electron chi connectivity index (χ4n) is 2.28. The van der Waals surface area contributed by atoms with Gasteiger partial charge in [-0.1, -0.05) is 42.3 Å². The van der Waals surface area contributed by atoms with E-state index in [1.165, 1.54) is 6.08 Å². The zero-order chi connectivity index (χ0) is 19.1. The van der Waals surface area contributed by atoms with Crippen molar-refractivity contribution >= 4 is 40.9 Å². The van der Waals surface area contributed by atoms with Gasteiger partial charge in [0, 0.05) is 5.69 Å². The van der Waals surface area contributed by atoms with Crippen molar-refractivity contribution in [3.8, 4) is 11.8 Å². The number of halogens is 2. The summed E-state index contributed by atoms with van der Waals surface area (Å²) >= 11 is 12.3. The number of carbonyl (C=O) groups is 1. The quantitative estimate of drug-likeness (QED) is 0.524. The Kier molecular flexibility index (Phi) is 7.08. The molecule has 0 fully saturated rings. The maximum atomic E-state index is 12.3. The van der Waals surface area contributed by atoms with Crippen LogP contribution >= 0.6 is 23.2 Å². The van der Waals surface area contributed by atoms with E-state index in [1.807, 2.05) is 25.1 Å². The Bertz CT molecular complexity index is 845. The molecule has 2 rings (SSSR count). The Balaban J connectivity index is 2.23. The van der Waals surface area contributed by atoms with Crippen LogP contribution in [0.25, 0.3) is 6.08 Å². The monoisotopic (exact) mass is 388 g/mol. The van der Waals surface area contributed by atoms with Crippen LogP contribution in [0.15, 0.2) is 42.0 Å². The molecule has 134 valence electrons. The molecule has 0 aliphatic heterocycles. The molecule has 0 saturated heterocycles. The van der Waals surface area contributed by atoms with E-state index in [-0.39, 0.29) is 5.57 Å². The van der Waals surface area contributed by atoms with Gasteiger partial charge in [-0.25, -0.2) is 0 Å². The molecule has 0 aromatic heterocycles. The fraction of sp³-hybridized carbons (Fsp3) is 0.200. The van der Waals surface area contributed by atoms with Crippen LogP contribution in [0.2, 0.25) is 10.0 Å². The van der Waals surface area contributed by atoms with E-state index in [0.29, 0.717) is 33.7 Å². The SMILES string of the molecule is CCOc1c(Cl)cc(/C=C(\C#N)C(=O)Nc2ccc(CC)cc2)cc1Cl. The van der Waals surface area contributed by atoms with Crippen LogP contribution in [0, 0.1) is 11.3 Å². The van der Waals surface area contributed by atoms with Gasteiger partial charge in [0.25, 0.3) is 5.91 Å². The van der Waals surface area contributed by atoms with E-state index in [2.05, 4.69) is 12.2 Å². The van der Waals surface area contributed by atoms with Gasteiger partial charge in [-0.3, -0.25) is 4.79 Å². The second kappa shape index (κ2) is 9.28. The standard InChI is InChI=1S/C20H18Cl2N2O2/c1-3-13-5-7-16(8-6-13)24-20(25)15(12-23)9-14-10-17(21)19(26-4-2)18(22)11-14/h5-11H,3-4H2,1-2H3,(H,24,25)/b15-9+. The maximum Gasteiger partial charge on any atom is 0.266 e. The largest absolute Gasteiger partial charge is 0.491 e. The van der Waals surface area contributed by atoms with Gasteiger partial charge in [0.2, 0.25) is 0 Å². The number of benzene rings is 2. The summed E-state index contributed by atoms with van der Waals surface area (Å²) in [5, 5.41) is 12.7. The third-order valence-electron chi connectivity index (χ3n) is 3.61. The average Bonchev–Trinajstić information content (AvgIpc) is 2.63. The van der Waals surface area contributed by atoms with E-state index in [1.54, 1.807) is 24.3 Å². The summed E-state index contributed by atoms with van der Waals surface area (Å²) in [5.41, 5.74) is 2.27. The van der Waals surface area contributed by atoms with Gasteiger partial charge in [-0.05, 0) is 54.8 Å². The van der Waals surface area contributed by atoms with Crippen LogP contribution in [0.3, 0.4) is 0 Å². The first kappa shape index (κ1) is 19.8. The third kappa shape index (κ3) is 5.01. The Hall–Kier alpha value is -2.48. The molecule has 0 aliphatic carbocycles. The minimum atomic E-state index is -0.502. The highest BCUT2D eigenvalue weighted by atomic mass is 35.5. The summed E-state index contributed by atoms with van der Waals surface area (Å²) < 4.78 is 5.37. The van der Waals surface area contributed by atoms with Crippen LogP contribution < -0.4 is 10.1 Å². The molecule has 0 bridgehead atoms. The van der Waals surface area contributed by atoms with Gasteiger partial charge >= 0.3 is 0 Å². The van der Waals surface area contributed by atoms with Gasteiger partial charge in [0.05, 0.1) is 16.7 Å². The second-order valence-corrected chi connectivity index (χ2v) is 6.24. The Morgan fingerprint density at radius 2 is 1.81 bits per heavy atom. The highest BCUT2D eigenvalue weighted by Crippen LogP contribution is 2.34. The molecule has 0 aliphatic rings. The zero-order valence-corrected chi connectivity index (χ0v) is 16.0. The first-order chi connectivity index (χ1) is 12.5. The number of amides is 1. The minimum absolute atomic E-state index is 0.0548. The van der Waals surface area contributed by atoms with E-state index >= 15 is 0 Å². The summed E-state index contributed by atoms with van der Waals surface area (Å²) in [6, 6.07) is 12.6. The van der Waals surface area contributed by atoms with Crippen LogP contribution in [0.4, 0.5) is 5.69 Å². The number of aryl methyl sites for hydroxylation is 1. The molecule has 0 spiro atoms. The third-order valence-corrected chi connectivity index (χ3v) is 4.17. The first-order valence-electron chi connectivity index (χ1n) is 8.12. The van der Waals surface area contributed by atoms with Gasteiger partial charge in [-0.2, -0.15) is 5.26 Å². The molecular formula is C20H18Cl2N2O2. The summed E-state index contributed by atoms with van der Waals surface area (Å²) in [4.78, 5) is 12.3. The molecule has 0 radical (unpaired) electrons. The molecule has 2 aromatic rings. The average molecular weight is 389 g/mol. The van der Waals surface area contributed by atoms with Crippen molar-refractivity contribution < 1.29 is 9.53 Å². The van der Waals surface area contributed by atoms with E-state index in [9.17, 15) is 10.1 Å². The zero-order valence-electron chi connectivity index (χ0n) is 14.5. The fourth-order valence-corrected chi connectivity index (χ4v) is 2.90. The van der Waals surface area contributed by atoms with Crippen molar-refractivity contribution in [2.24, 2.45) is 0 Å². The molecular weight excluding hydrogens is 371 g/mol. The van der Waals surface area contributed by atoms with Gasteiger partial charge in [0.1, 0.15) is 11.6 Å². The lowest BCUT2D eigenvalue weighted by Crippen LogP contribution is -2.13. The van der Waals surface area contributed by atoms with Crippen LogP contribution in [0.1, 0.15) is 25.0 Å². The highest BCUT2D eigenvalue weighted by molar-refractivity contribution is 6.37. The molecule has 0 heterocycles. The number of nitrogens with zero attached hydrogens (tertiary/aromatic N) is 1. The molecule has 0 atom stereocenters. The number of hydrogen-bond donors (Lipinski definition) is 1. The van der Waals surface area contributed by atoms with E-state index in [4.69, 9.17) is 27.9 Å². The van der Waals surface area contributed by atoms with Crippen molar-refractivity contribution in [3.63, 3.8) is 0 Å². The molecule has 2 aromatic carbocycles. The second-order valence-electron chi connectivity index (χ2n) is 5.42. The van der Waals surface area contributed by atoms with Gasteiger partial charge in [-0.15, -0.1) is 0 Å². The lowest BCUT2D eigenvalue weighted by atomic mass is 10.1.